The molecule has 0 spiro atoms. The molecule has 144 valence electrons. The molecule has 1 heterocycles. The zero-order valence-corrected chi connectivity index (χ0v) is 18.1. The minimum atomic E-state index is -4.42. The Labute approximate surface area is 180 Å². The highest BCUT2D eigenvalue weighted by Gasteiger charge is 2.33. The minimum Gasteiger partial charge on any atom is -0.370 e. The average molecular weight is 539 g/mol. The number of hydrogen-bond donors (Lipinski definition) is 2. The molecule has 2 aromatic rings. The first-order chi connectivity index (χ1) is 11.7. The van der Waals surface area contributed by atoms with Gasteiger partial charge in [-0.05, 0) is 24.6 Å². The molecule has 11 heteroatoms. The molecule has 2 rings (SSSR count). The molecule has 1 aromatic heterocycles. The van der Waals surface area contributed by atoms with Gasteiger partial charge in [0.2, 0.25) is 0 Å². The average Bonchev–Trinajstić information content (AvgIpc) is 2.96. The van der Waals surface area contributed by atoms with Crippen molar-refractivity contribution in [3.05, 3.63) is 49.9 Å². The van der Waals surface area contributed by atoms with Crippen LogP contribution in [0.15, 0.2) is 28.6 Å². The van der Waals surface area contributed by atoms with Crippen molar-refractivity contribution in [1.29, 1.82) is 0 Å². The molecule has 1 atom stereocenters. The topological polar surface area (TPSA) is 63.3 Å². The highest BCUT2D eigenvalue weighted by atomic mass is 127. The monoisotopic (exact) mass is 538 g/mol. The van der Waals surface area contributed by atoms with Crippen LogP contribution in [-0.4, -0.2) is 17.5 Å². The van der Waals surface area contributed by atoms with Gasteiger partial charge in [0, 0.05) is 28.4 Å². The first kappa shape index (κ1) is 23.3. The van der Waals surface area contributed by atoms with Gasteiger partial charge < -0.3 is 11.1 Å². The number of guanidine groups is 1. The van der Waals surface area contributed by atoms with Gasteiger partial charge in [-0.2, -0.15) is 13.2 Å². The van der Waals surface area contributed by atoms with Crippen LogP contribution in [0.3, 0.4) is 0 Å². The zero-order chi connectivity index (χ0) is 18.6. The number of aliphatic imine (C=N–C) groups is 1. The SMILES string of the molecule is CC(NC(N)=NCCc1nc(C(F)(F)F)cs1)c1ccc(Cl)cc1Cl.I. The molecule has 26 heavy (non-hydrogen) atoms. The smallest absolute Gasteiger partial charge is 0.370 e. The fraction of sp³-hybridized carbons (Fsp3) is 0.333. The molecule has 0 amide bonds. The summed E-state index contributed by atoms with van der Waals surface area (Å²) in [6.45, 7) is 2.08. The number of benzene rings is 1. The number of nitrogens with one attached hydrogen (secondary N) is 1. The van der Waals surface area contributed by atoms with Crippen LogP contribution in [0.4, 0.5) is 13.2 Å². The number of aromatic nitrogens is 1. The molecular formula is C15H16Cl2F3IN4S. The van der Waals surface area contributed by atoms with Gasteiger partial charge in [-0.1, -0.05) is 29.3 Å². The zero-order valence-electron chi connectivity index (χ0n) is 13.5. The van der Waals surface area contributed by atoms with Crippen molar-refractivity contribution in [2.24, 2.45) is 10.7 Å². The summed E-state index contributed by atoms with van der Waals surface area (Å²) >= 11 is 12.9. The Kier molecular flexibility index (Phi) is 8.90. The highest BCUT2D eigenvalue weighted by Crippen LogP contribution is 2.30. The number of thiazole rings is 1. The van der Waals surface area contributed by atoms with Crippen LogP contribution < -0.4 is 11.1 Å². The van der Waals surface area contributed by atoms with Gasteiger partial charge in [0.15, 0.2) is 11.7 Å². The quantitative estimate of drug-likeness (QED) is 0.309. The summed E-state index contributed by atoms with van der Waals surface area (Å²) in [5.74, 6) is 0.172. The standard InChI is InChI=1S/C15H15Cl2F3N4S.HI/c1-8(10-3-2-9(16)6-11(10)17)23-14(21)22-5-4-13-24-12(7-25-13)15(18,19)20;/h2-3,6-8H,4-5H2,1H3,(H3,21,22,23);1H. The van der Waals surface area contributed by atoms with Crippen LogP contribution in [0.5, 0.6) is 0 Å². The molecule has 0 saturated heterocycles. The van der Waals surface area contributed by atoms with Crippen molar-refractivity contribution in [2.75, 3.05) is 6.54 Å². The minimum absolute atomic E-state index is 0. The Morgan fingerprint density at radius 2 is 2.08 bits per heavy atom. The van der Waals surface area contributed by atoms with Gasteiger partial charge >= 0.3 is 6.18 Å². The lowest BCUT2D eigenvalue weighted by Gasteiger charge is -2.16. The van der Waals surface area contributed by atoms with Gasteiger partial charge in [0.25, 0.3) is 0 Å². The first-order valence-corrected chi connectivity index (χ1v) is 8.83. The van der Waals surface area contributed by atoms with E-state index in [0.717, 1.165) is 22.3 Å². The largest absolute Gasteiger partial charge is 0.434 e. The van der Waals surface area contributed by atoms with Crippen molar-refractivity contribution in [1.82, 2.24) is 10.3 Å². The third-order valence-electron chi connectivity index (χ3n) is 3.24. The van der Waals surface area contributed by atoms with E-state index >= 15 is 0 Å². The van der Waals surface area contributed by atoms with E-state index in [4.69, 9.17) is 28.9 Å². The van der Waals surface area contributed by atoms with Gasteiger partial charge in [-0.3, -0.25) is 4.99 Å². The fourth-order valence-corrected chi connectivity index (χ4v) is 3.39. The number of nitrogens with zero attached hydrogens (tertiary/aromatic N) is 2. The normalized spacial score (nSPS) is 13.2. The second-order valence-corrected chi connectivity index (χ2v) is 6.96. The second kappa shape index (κ2) is 9.95. The van der Waals surface area contributed by atoms with Crippen LogP contribution in [-0.2, 0) is 12.6 Å². The molecule has 0 fully saturated rings. The van der Waals surface area contributed by atoms with Gasteiger partial charge in [0.05, 0.1) is 11.0 Å². The predicted molar refractivity (Wildman–Crippen MR) is 111 cm³/mol. The van der Waals surface area contributed by atoms with Crippen molar-refractivity contribution in [3.8, 4) is 0 Å². The van der Waals surface area contributed by atoms with Crippen molar-refractivity contribution >= 4 is 64.5 Å². The lowest BCUT2D eigenvalue weighted by Crippen LogP contribution is -2.34. The molecular weight excluding hydrogens is 523 g/mol. The van der Waals surface area contributed by atoms with Crippen LogP contribution in [0.25, 0.3) is 0 Å². The van der Waals surface area contributed by atoms with Gasteiger partial charge in [-0.25, -0.2) is 4.98 Å². The van der Waals surface area contributed by atoms with Crippen molar-refractivity contribution < 1.29 is 13.2 Å². The van der Waals surface area contributed by atoms with E-state index in [-0.39, 0.29) is 48.9 Å². The molecule has 0 aliphatic heterocycles. The number of hydrogen-bond acceptors (Lipinski definition) is 3. The maximum Gasteiger partial charge on any atom is 0.434 e. The number of alkyl halides is 3. The van der Waals surface area contributed by atoms with Crippen LogP contribution in [0, 0.1) is 0 Å². The summed E-state index contributed by atoms with van der Waals surface area (Å²) in [4.78, 5) is 7.64. The van der Waals surface area contributed by atoms with Crippen molar-refractivity contribution in [2.45, 2.75) is 25.6 Å². The Bertz CT molecular complexity index is 768. The van der Waals surface area contributed by atoms with E-state index in [2.05, 4.69) is 15.3 Å². The summed E-state index contributed by atoms with van der Waals surface area (Å²) in [5, 5.41) is 5.36. The summed E-state index contributed by atoms with van der Waals surface area (Å²) < 4.78 is 37.4. The van der Waals surface area contributed by atoms with E-state index < -0.39 is 11.9 Å². The molecule has 3 N–H and O–H groups in total. The number of rotatable bonds is 5. The second-order valence-electron chi connectivity index (χ2n) is 5.17. The van der Waals surface area contributed by atoms with Crippen LogP contribution >= 0.6 is 58.5 Å². The molecule has 1 unspecified atom stereocenters. The first-order valence-electron chi connectivity index (χ1n) is 7.20. The molecule has 4 nitrogen and oxygen atoms in total. The Hall–Kier alpha value is -0.780. The summed E-state index contributed by atoms with van der Waals surface area (Å²) in [5.41, 5.74) is 5.73. The van der Waals surface area contributed by atoms with Crippen molar-refractivity contribution in [3.63, 3.8) is 0 Å². The molecule has 1 aromatic carbocycles. The third-order valence-corrected chi connectivity index (χ3v) is 4.71. The summed E-state index contributed by atoms with van der Waals surface area (Å²) in [6.07, 6.45) is -4.15. The third kappa shape index (κ3) is 6.75. The lowest BCUT2D eigenvalue weighted by molar-refractivity contribution is -0.140. The number of halogens is 6. The van der Waals surface area contributed by atoms with E-state index in [9.17, 15) is 13.2 Å². The molecule has 0 aliphatic rings. The maximum absolute atomic E-state index is 12.5. The van der Waals surface area contributed by atoms with E-state index in [1.54, 1.807) is 18.2 Å². The summed E-state index contributed by atoms with van der Waals surface area (Å²) in [6, 6.07) is 4.92. The van der Waals surface area contributed by atoms with Crippen LogP contribution in [0.2, 0.25) is 10.0 Å². The lowest BCUT2D eigenvalue weighted by atomic mass is 10.1. The fourth-order valence-electron chi connectivity index (χ4n) is 2.03. The molecule has 0 bridgehead atoms. The molecule has 0 saturated carbocycles. The Morgan fingerprint density at radius 1 is 1.38 bits per heavy atom. The van der Waals surface area contributed by atoms with E-state index in [1.807, 2.05) is 6.92 Å². The van der Waals surface area contributed by atoms with E-state index in [1.165, 1.54) is 0 Å². The van der Waals surface area contributed by atoms with E-state index in [0.29, 0.717) is 15.1 Å². The number of nitrogens with two attached hydrogens (primary N) is 1. The predicted octanol–water partition coefficient (Wildman–Crippen LogP) is 5.29. The molecule has 0 radical (unpaired) electrons. The molecule has 0 aliphatic carbocycles. The Balaban J connectivity index is 0.00000338. The van der Waals surface area contributed by atoms with Gasteiger partial charge in [0.1, 0.15) is 0 Å². The van der Waals surface area contributed by atoms with Gasteiger partial charge in [-0.15, -0.1) is 35.3 Å². The van der Waals surface area contributed by atoms with Crippen LogP contribution in [0.1, 0.15) is 29.2 Å². The summed E-state index contributed by atoms with van der Waals surface area (Å²) in [7, 11) is 0. The highest BCUT2D eigenvalue weighted by molar-refractivity contribution is 14.0. The maximum atomic E-state index is 12.5. The Morgan fingerprint density at radius 3 is 2.65 bits per heavy atom.